The lowest BCUT2D eigenvalue weighted by Crippen LogP contribution is -2.01. The van der Waals surface area contributed by atoms with Gasteiger partial charge in [0.15, 0.2) is 0 Å². The molecule has 0 amide bonds. The van der Waals surface area contributed by atoms with Gasteiger partial charge in [-0.25, -0.2) is 0 Å². The maximum atomic E-state index is 12.2. The van der Waals surface area contributed by atoms with Gasteiger partial charge in [0.2, 0.25) is 0 Å². The quantitative estimate of drug-likeness (QED) is 0.816. The first-order chi connectivity index (χ1) is 9.04. The Morgan fingerprint density at radius 1 is 1.00 bits per heavy atom. The van der Waals surface area contributed by atoms with E-state index in [1.54, 1.807) is 0 Å². The highest BCUT2D eigenvalue weighted by Gasteiger charge is 2.06. The molecule has 2 aromatic carbocycles. The average molecular weight is 293 g/mol. The summed E-state index contributed by atoms with van der Waals surface area (Å²) >= 11 is 5.84. The molecule has 19 heavy (non-hydrogen) atoms. The Hall–Kier alpha value is -1.12. The van der Waals surface area contributed by atoms with Gasteiger partial charge in [-0.3, -0.25) is 4.21 Å². The number of hydrogen-bond donors (Lipinski definition) is 0. The molecule has 2 aromatic rings. The molecule has 1 nitrogen and oxygen atoms in total. The lowest BCUT2D eigenvalue weighted by atomic mass is 10.1. The van der Waals surface area contributed by atoms with Gasteiger partial charge in [-0.2, -0.15) is 0 Å². The van der Waals surface area contributed by atoms with Crippen molar-refractivity contribution in [3.05, 3.63) is 69.7 Å². The van der Waals surface area contributed by atoms with Crippen LogP contribution in [0, 0.1) is 13.8 Å². The van der Waals surface area contributed by atoms with Gasteiger partial charge in [0.1, 0.15) is 0 Å². The first-order valence-electron chi connectivity index (χ1n) is 6.20. The second kappa shape index (κ2) is 6.36. The number of hydrogen-bond acceptors (Lipinski definition) is 1. The Morgan fingerprint density at radius 2 is 1.68 bits per heavy atom. The molecule has 3 heteroatoms. The fraction of sp³-hybridized carbons (Fsp3) is 0.250. The van der Waals surface area contributed by atoms with Crippen molar-refractivity contribution in [3.8, 4) is 0 Å². The molecule has 1 atom stereocenters. The van der Waals surface area contributed by atoms with E-state index in [9.17, 15) is 4.21 Å². The van der Waals surface area contributed by atoms with Crippen LogP contribution in [0.25, 0.3) is 0 Å². The number of rotatable bonds is 4. The molecule has 0 N–H and O–H groups in total. The summed E-state index contributed by atoms with van der Waals surface area (Å²) in [6.45, 7) is 4.12. The van der Waals surface area contributed by atoms with Crippen LogP contribution >= 0.6 is 11.6 Å². The van der Waals surface area contributed by atoms with Crippen LogP contribution in [0.2, 0.25) is 5.02 Å². The molecule has 2 rings (SSSR count). The predicted molar refractivity (Wildman–Crippen MR) is 82.9 cm³/mol. The number of benzene rings is 2. The van der Waals surface area contributed by atoms with E-state index in [2.05, 4.69) is 32.0 Å². The molecule has 0 saturated heterocycles. The second-order valence-corrected chi connectivity index (χ2v) is 6.68. The summed E-state index contributed by atoms with van der Waals surface area (Å²) < 4.78 is 12.2. The van der Waals surface area contributed by atoms with Crippen LogP contribution in [0.4, 0.5) is 0 Å². The van der Waals surface area contributed by atoms with Gasteiger partial charge in [-0.05, 0) is 42.7 Å². The zero-order valence-corrected chi connectivity index (χ0v) is 12.7. The van der Waals surface area contributed by atoms with Crippen LogP contribution in [0.1, 0.15) is 22.3 Å². The standard InChI is InChI=1S/C16H17ClOS/c1-12-3-4-13(2)15(9-12)11-19(18)10-14-5-7-16(17)8-6-14/h3-9H,10-11H2,1-2H3. The SMILES string of the molecule is Cc1ccc(C)c(CS(=O)Cc2ccc(Cl)cc2)c1. The maximum Gasteiger partial charge on any atom is 0.0491 e. The maximum absolute atomic E-state index is 12.2. The lowest BCUT2D eigenvalue weighted by Gasteiger charge is -2.07. The van der Waals surface area contributed by atoms with Crippen molar-refractivity contribution in [2.75, 3.05) is 0 Å². The topological polar surface area (TPSA) is 17.1 Å². The van der Waals surface area contributed by atoms with E-state index in [4.69, 9.17) is 11.6 Å². The van der Waals surface area contributed by atoms with E-state index in [-0.39, 0.29) is 0 Å². The minimum atomic E-state index is -0.890. The fourth-order valence-electron chi connectivity index (χ4n) is 1.95. The van der Waals surface area contributed by atoms with Crippen LogP contribution in [0.15, 0.2) is 42.5 Å². The molecule has 0 aliphatic carbocycles. The minimum Gasteiger partial charge on any atom is -0.259 e. The van der Waals surface area contributed by atoms with Crippen molar-refractivity contribution in [2.24, 2.45) is 0 Å². The Labute approximate surface area is 122 Å². The van der Waals surface area contributed by atoms with Crippen molar-refractivity contribution in [3.63, 3.8) is 0 Å². The van der Waals surface area contributed by atoms with Crippen LogP contribution in [-0.4, -0.2) is 4.21 Å². The highest BCUT2D eigenvalue weighted by atomic mass is 35.5. The molecule has 0 aliphatic rings. The van der Waals surface area contributed by atoms with Crippen LogP contribution in [-0.2, 0) is 22.3 Å². The summed E-state index contributed by atoms with van der Waals surface area (Å²) in [5.41, 5.74) is 4.65. The Kier molecular flexibility index (Phi) is 4.78. The van der Waals surface area contributed by atoms with Gasteiger partial charge in [0.25, 0.3) is 0 Å². The molecule has 0 bridgehead atoms. The Bertz CT molecular complexity index is 590. The summed E-state index contributed by atoms with van der Waals surface area (Å²) in [5.74, 6) is 1.18. The third-order valence-electron chi connectivity index (χ3n) is 3.06. The Balaban J connectivity index is 2.05. The summed E-state index contributed by atoms with van der Waals surface area (Å²) in [5, 5.41) is 0.712. The van der Waals surface area contributed by atoms with Crippen molar-refractivity contribution >= 4 is 22.4 Å². The third kappa shape index (κ3) is 4.19. The molecule has 0 heterocycles. The van der Waals surface area contributed by atoms with Gasteiger partial charge in [0.05, 0.1) is 0 Å². The van der Waals surface area contributed by atoms with E-state index >= 15 is 0 Å². The van der Waals surface area contributed by atoms with Crippen molar-refractivity contribution < 1.29 is 4.21 Å². The predicted octanol–water partition coefficient (Wildman–Crippen LogP) is 4.41. The minimum absolute atomic E-state index is 0.574. The summed E-state index contributed by atoms with van der Waals surface area (Å²) in [7, 11) is -0.890. The van der Waals surface area contributed by atoms with E-state index < -0.39 is 10.8 Å². The van der Waals surface area contributed by atoms with E-state index in [1.165, 1.54) is 16.7 Å². The van der Waals surface area contributed by atoms with Crippen molar-refractivity contribution in [1.29, 1.82) is 0 Å². The number of aryl methyl sites for hydroxylation is 2. The van der Waals surface area contributed by atoms with E-state index in [1.807, 2.05) is 24.3 Å². The molecule has 100 valence electrons. The molecule has 0 radical (unpaired) electrons. The molecule has 1 unspecified atom stereocenters. The molecule has 0 saturated carbocycles. The zero-order chi connectivity index (χ0) is 13.8. The first-order valence-corrected chi connectivity index (χ1v) is 8.07. The average Bonchev–Trinajstić information content (AvgIpc) is 2.37. The van der Waals surface area contributed by atoms with Gasteiger partial charge in [-0.15, -0.1) is 0 Å². The highest BCUT2D eigenvalue weighted by Crippen LogP contribution is 2.16. The Morgan fingerprint density at radius 3 is 2.37 bits per heavy atom. The summed E-state index contributed by atoms with van der Waals surface area (Å²) in [6.07, 6.45) is 0. The fourth-order valence-corrected chi connectivity index (χ4v) is 3.40. The smallest absolute Gasteiger partial charge is 0.0491 e. The molecular formula is C16H17ClOS. The van der Waals surface area contributed by atoms with Crippen LogP contribution in [0.5, 0.6) is 0 Å². The lowest BCUT2D eigenvalue weighted by molar-refractivity contribution is 0.682. The van der Waals surface area contributed by atoms with Gasteiger partial charge in [-0.1, -0.05) is 47.5 Å². The number of halogens is 1. The monoisotopic (exact) mass is 292 g/mol. The molecular weight excluding hydrogens is 276 g/mol. The first kappa shape index (κ1) is 14.3. The highest BCUT2D eigenvalue weighted by molar-refractivity contribution is 7.83. The normalized spacial score (nSPS) is 12.4. The van der Waals surface area contributed by atoms with Crippen LogP contribution < -0.4 is 0 Å². The van der Waals surface area contributed by atoms with Gasteiger partial charge in [0, 0.05) is 27.3 Å². The summed E-state index contributed by atoms with van der Waals surface area (Å²) in [6, 6.07) is 13.8. The summed E-state index contributed by atoms with van der Waals surface area (Å²) in [4.78, 5) is 0. The van der Waals surface area contributed by atoms with Crippen molar-refractivity contribution in [1.82, 2.24) is 0 Å². The third-order valence-corrected chi connectivity index (χ3v) is 4.60. The van der Waals surface area contributed by atoms with E-state index in [0.717, 1.165) is 5.56 Å². The van der Waals surface area contributed by atoms with E-state index in [0.29, 0.717) is 16.5 Å². The largest absolute Gasteiger partial charge is 0.259 e. The van der Waals surface area contributed by atoms with Gasteiger partial charge >= 0.3 is 0 Å². The molecule has 0 aliphatic heterocycles. The molecule has 0 aromatic heterocycles. The van der Waals surface area contributed by atoms with Gasteiger partial charge < -0.3 is 0 Å². The second-order valence-electron chi connectivity index (χ2n) is 4.78. The molecule has 0 fully saturated rings. The molecule has 0 spiro atoms. The zero-order valence-electron chi connectivity index (χ0n) is 11.2. The van der Waals surface area contributed by atoms with Crippen LogP contribution in [0.3, 0.4) is 0 Å². The van der Waals surface area contributed by atoms with Crippen molar-refractivity contribution in [2.45, 2.75) is 25.4 Å².